The molecule has 198 valence electrons. The third-order valence-corrected chi connectivity index (χ3v) is 7.39. The van der Waals surface area contributed by atoms with Crippen LogP contribution >= 0.6 is 0 Å². The monoisotopic (exact) mass is 518 g/mol. The first-order chi connectivity index (χ1) is 17.6. The number of alkyl halides is 3. The number of oxazole rings is 1. The van der Waals surface area contributed by atoms with Gasteiger partial charge >= 0.3 is 11.9 Å². The molecule has 0 N–H and O–H groups in total. The second-order valence-electron chi connectivity index (χ2n) is 9.91. The van der Waals surface area contributed by atoms with E-state index in [1.807, 2.05) is 19.1 Å². The molecule has 0 aliphatic carbocycles. The SMILES string of the molecule is CCOCC1(C(=O)N2CCc3ncc(C(F)(F)F)cc3C2)CCN(Cc2ccc3oc(=O)n(C)c3c2)C1. The second-order valence-corrected chi connectivity index (χ2v) is 9.91. The molecule has 0 spiro atoms. The van der Waals surface area contributed by atoms with Gasteiger partial charge in [0.1, 0.15) is 0 Å². The Hall–Kier alpha value is -3.18. The van der Waals surface area contributed by atoms with E-state index in [-0.39, 0.29) is 19.1 Å². The molecule has 37 heavy (non-hydrogen) atoms. The Bertz CT molecular complexity index is 1380. The number of benzene rings is 1. The maximum atomic E-state index is 13.9. The first-order valence-corrected chi connectivity index (χ1v) is 12.3. The van der Waals surface area contributed by atoms with Crippen molar-refractivity contribution >= 4 is 17.0 Å². The fourth-order valence-electron chi connectivity index (χ4n) is 5.36. The Balaban J connectivity index is 1.34. The lowest BCUT2D eigenvalue weighted by atomic mass is 9.85. The van der Waals surface area contributed by atoms with Crippen LogP contribution in [-0.2, 0) is 42.3 Å². The highest BCUT2D eigenvalue weighted by atomic mass is 19.4. The van der Waals surface area contributed by atoms with Crippen LogP contribution in [0.5, 0.6) is 0 Å². The van der Waals surface area contributed by atoms with Gasteiger partial charge in [0.2, 0.25) is 5.91 Å². The van der Waals surface area contributed by atoms with Crippen LogP contribution < -0.4 is 5.76 Å². The maximum absolute atomic E-state index is 13.9. The van der Waals surface area contributed by atoms with Crippen LogP contribution in [0.2, 0.25) is 0 Å². The number of halogens is 3. The Morgan fingerprint density at radius 2 is 2.05 bits per heavy atom. The third kappa shape index (κ3) is 4.89. The van der Waals surface area contributed by atoms with Crippen LogP contribution in [0.4, 0.5) is 13.2 Å². The molecule has 0 saturated carbocycles. The zero-order valence-corrected chi connectivity index (χ0v) is 20.8. The predicted molar refractivity (Wildman–Crippen MR) is 129 cm³/mol. The molecule has 2 aliphatic heterocycles. The fourth-order valence-corrected chi connectivity index (χ4v) is 5.36. The lowest BCUT2D eigenvalue weighted by Crippen LogP contribution is -2.49. The van der Waals surface area contributed by atoms with Crippen LogP contribution in [0.15, 0.2) is 39.7 Å². The molecule has 11 heteroatoms. The Morgan fingerprint density at radius 1 is 1.24 bits per heavy atom. The highest BCUT2D eigenvalue weighted by Crippen LogP contribution is 2.37. The largest absolute Gasteiger partial charge is 0.419 e. The predicted octanol–water partition coefficient (Wildman–Crippen LogP) is 3.36. The second kappa shape index (κ2) is 9.60. The van der Waals surface area contributed by atoms with Gasteiger partial charge in [0, 0.05) is 58.1 Å². The Kier molecular flexibility index (Phi) is 6.61. The average molecular weight is 519 g/mol. The molecule has 1 fully saturated rings. The first-order valence-electron chi connectivity index (χ1n) is 12.3. The topological polar surface area (TPSA) is 80.8 Å². The number of aryl methyl sites for hydroxylation is 1. The zero-order chi connectivity index (χ0) is 26.4. The maximum Gasteiger partial charge on any atom is 0.419 e. The lowest BCUT2D eigenvalue weighted by Gasteiger charge is -2.37. The Labute approximate surface area is 211 Å². The third-order valence-electron chi connectivity index (χ3n) is 7.39. The molecule has 1 saturated heterocycles. The number of amides is 1. The van der Waals surface area contributed by atoms with Crippen molar-refractivity contribution in [3.05, 3.63) is 63.4 Å². The standard InChI is InChI=1S/C26H29F3N4O4/c1-3-36-16-25(23(34)33-8-6-20-18(14-33)11-19(12-30-20)26(27,28)29)7-9-32(15-25)13-17-4-5-22-21(10-17)31(2)24(35)37-22/h4-5,10-12H,3,6-9,13-16H2,1-2H3. The number of pyridine rings is 1. The summed E-state index contributed by atoms with van der Waals surface area (Å²) < 4.78 is 52.1. The van der Waals surface area contributed by atoms with E-state index in [1.165, 1.54) is 4.57 Å². The van der Waals surface area contributed by atoms with Gasteiger partial charge in [0.15, 0.2) is 5.58 Å². The van der Waals surface area contributed by atoms with Gasteiger partial charge in [-0.05, 0) is 49.2 Å². The number of rotatable bonds is 6. The number of fused-ring (bicyclic) bond motifs is 2. The van der Waals surface area contributed by atoms with Gasteiger partial charge in [0.25, 0.3) is 0 Å². The summed E-state index contributed by atoms with van der Waals surface area (Å²) in [7, 11) is 1.66. The first kappa shape index (κ1) is 25.5. The van der Waals surface area contributed by atoms with Gasteiger partial charge in [-0.2, -0.15) is 13.2 Å². The minimum Gasteiger partial charge on any atom is -0.408 e. The molecular formula is C26H29F3N4O4. The van der Waals surface area contributed by atoms with Crippen LogP contribution in [0.3, 0.4) is 0 Å². The van der Waals surface area contributed by atoms with Gasteiger partial charge < -0.3 is 14.1 Å². The number of hydrogen-bond donors (Lipinski definition) is 0. The van der Waals surface area contributed by atoms with E-state index in [0.717, 1.165) is 17.8 Å². The van der Waals surface area contributed by atoms with Gasteiger partial charge in [-0.15, -0.1) is 0 Å². The molecule has 1 amide bonds. The Morgan fingerprint density at radius 3 is 2.81 bits per heavy atom. The zero-order valence-electron chi connectivity index (χ0n) is 20.8. The molecule has 8 nitrogen and oxygen atoms in total. The molecule has 2 aromatic heterocycles. The lowest BCUT2D eigenvalue weighted by molar-refractivity contribution is -0.146. The number of nitrogens with zero attached hydrogens (tertiary/aromatic N) is 4. The summed E-state index contributed by atoms with van der Waals surface area (Å²) in [6.45, 7) is 4.81. The molecule has 0 bridgehead atoms. The van der Waals surface area contributed by atoms with Crippen LogP contribution in [0, 0.1) is 5.41 Å². The molecule has 3 aromatic rings. The summed E-state index contributed by atoms with van der Waals surface area (Å²) in [5.41, 5.74) is 1.67. The minimum atomic E-state index is -4.48. The smallest absolute Gasteiger partial charge is 0.408 e. The van der Waals surface area contributed by atoms with E-state index in [1.54, 1.807) is 18.0 Å². The number of carbonyl (C=O) groups excluding carboxylic acids is 1. The van der Waals surface area contributed by atoms with E-state index in [4.69, 9.17) is 9.15 Å². The summed E-state index contributed by atoms with van der Waals surface area (Å²) in [5, 5.41) is 0. The molecule has 5 rings (SSSR count). The van der Waals surface area contributed by atoms with Crippen molar-refractivity contribution in [1.29, 1.82) is 0 Å². The highest BCUT2D eigenvalue weighted by molar-refractivity contribution is 5.84. The number of likely N-dealkylation sites (tertiary alicyclic amines) is 1. The molecular weight excluding hydrogens is 489 g/mol. The van der Waals surface area contributed by atoms with Crippen LogP contribution in [0.25, 0.3) is 11.1 Å². The van der Waals surface area contributed by atoms with Crippen molar-refractivity contribution in [3.8, 4) is 0 Å². The van der Waals surface area contributed by atoms with E-state index >= 15 is 0 Å². The number of carbonyl (C=O) groups is 1. The average Bonchev–Trinajstić information content (AvgIpc) is 3.42. The molecule has 2 aliphatic rings. The molecule has 4 heterocycles. The summed E-state index contributed by atoms with van der Waals surface area (Å²) in [4.78, 5) is 33.5. The van der Waals surface area contributed by atoms with Crippen molar-refractivity contribution in [3.63, 3.8) is 0 Å². The van der Waals surface area contributed by atoms with Gasteiger partial charge in [-0.3, -0.25) is 19.2 Å². The molecule has 1 atom stereocenters. The highest BCUT2D eigenvalue weighted by Gasteiger charge is 2.47. The molecule has 1 unspecified atom stereocenters. The van der Waals surface area contributed by atoms with E-state index in [9.17, 15) is 22.8 Å². The summed E-state index contributed by atoms with van der Waals surface area (Å²) in [6.07, 6.45) is -2.62. The quantitative estimate of drug-likeness (QED) is 0.498. The van der Waals surface area contributed by atoms with Crippen molar-refractivity contribution in [2.75, 3.05) is 32.8 Å². The van der Waals surface area contributed by atoms with E-state index in [2.05, 4.69) is 9.88 Å². The van der Waals surface area contributed by atoms with Crippen LogP contribution in [-0.4, -0.2) is 58.1 Å². The summed E-state index contributed by atoms with van der Waals surface area (Å²) in [6, 6.07) is 6.70. The van der Waals surface area contributed by atoms with E-state index < -0.39 is 22.9 Å². The van der Waals surface area contributed by atoms with Crippen molar-refractivity contribution in [2.24, 2.45) is 12.5 Å². The van der Waals surface area contributed by atoms with Crippen molar-refractivity contribution in [1.82, 2.24) is 19.4 Å². The summed E-state index contributed by atoms with van der Waals surface area (Å²) >= 11 is 0. The molecule has 0 radical (unpaired) electrons. The van der Waals surface area contributed by atoms with Crippen LogP contribution in [0.1, 0.15) is 35.7 Å². The number of ether oxygens (including phenoxy) is 1. The van der Waals surface area contributed by atoms with Crippen molar-refractivity contribution in [2.45, 2.75) is 39.0 Å². The van der Waals surface area contributed by atoms with Gasteiger partial charge in [-0.25, -0.2) is 4.79 Å². The van der Waals surface area contributed by atoms with E-state index in [0.29, 0.717) is 68.0 Å². The summed E-state index contributed by atoms with van der Waals surface area (Å²) in [5.74, 6) is -0.519. The van der Waals surface area contributed by atoms with Gasteiger partial charge in [0.05, 0.1) is 23.1 Å². The fraction of sp³-hybridized carbons (Fsp3) is 0.500. The number of aromatic nitrogens is 2. The van der Waals surface area contributed by atoms with Crippen molar-refractivity contribution < 1.29 is 27.1 Å². The minimum absolute atomic E-state index is 0.0980. The normalized spacial score (nSPS) is 20.5. The van der Waals surface area contributed by atoms with Gasteiger partial charge in [-0.1, -0.05) is 6.07 Å². The molecule has 1 aromatic carbocycles. The number of hydrogen-bond acceptors (Lipinski definition) is 6.